The van der Waals surface area contributed by atoms with E-state index in [0.29, 0.717) is 5.56 Å². The van der Waals surface area contributed by atoms with E-state index in [9.17, 15) is 4.79 Å². The van der Waals surface area contributed by atoms with Gasteiger partial charge in [0.2, 0.25) is 0 Å². The first-order valence-corrected chi connectivity index (χ1v) is 8.71. The number of amides is 1. The molecule has 1 aromatic carbocycles. The molecule has 0 saturated heterocycles. The minimum Gasteiger partial charge on any atom is -0.497 e. The molecule has 2 N–H and O–H groups in total. The SMILES string of the molecule is CCCCn1c(C)c(C(N)=O)c(-c2ccc(OC)cc2)c1CCC. The van der Waals surface area contributed by atoms with Crippen LogP contribution in [-0.2, 0) is 13.0 Å². The number of ether oxygens (including phenoxy) is 1. The Morgan fingerprint density at radius 3 is 2.33 bits per heavy atom. The summed E-state index contributed by atoms with van der Waals surface area (Å²) in [6.07, 6.45) is 4.16. The van der Waals surface area contributed by atoms with Gasteiger partial charge < -0.3 is 15.0 Å². The number of hydrogen-bond acceptors (Lipinski definition) is 2. The summed E-state index contributed by atoms with van der Waals surface area (Å²) in [5.74, 6) is 0.449. The standard InChI is InChI=1S/C20H28N2O2/c1-5-7-13-22-14(3)18(20(21)23)19(17(22)8-6-2)15-9-11-16(24-4)12-10-15/h9-12H,5-8,13H2,1-4H3,(H2,21,23). The van der Waals surface area contributed by atoms with Crippen LogP contribution in [0, 0.1) is 6.92 Å². The van der Waals surface area contributed by atoms with E-state index >= 15 is 0 Å². The van der Waals surface area contributed by atoms with Gasteiger partial charge in [0.25, 0.3) is 5.91 Å². The molecule has 1 heterocycles. The number of carbonyl (C=O) groups excluding carboxylic acids is 1. The van der Waals surface area contributed by atoms with Crippen LogP contribution in [0.4, 0.5) is 0 Å². The maximum absolute atomic E-state index is 12.2. The number of methoxy groups -OCH3 is 1. The lowest BCUT2D eigenvalue weighted by Crippen LogP contribution is -2.13. The maximum atomic E-state index is 12.2. The van der Waals surface area contributed by atoms with E-state index < -0.39 is 0 Å². The van der Waals surface area contributed by atoms with Crippen LogP contribution in [0.1, 0.15) is 54.9 Å². The number of primary amides is 1. The van der Waals surface area contributed by atoms with Crippen molar-refractivity contribution in [2.45, 2.75) is 53.0 Å². The van der Waals surface area contributed by atoms with Gasteiger partial charge in [0.1, 0.15) is 5.75 Å². The molecule has 1 amide bonds. The van der Waals surface area contributed by atoms with Crippen LogP contribution in [-0.4, -0.2) is 17.6 Å². The van der Waals surface area contributed by atoms with Crippen LogP contribution in [0.3, 0.4) is 0 Å². The minimum absolute atomic E-state index is 0.356. The first-order chi connectivity index (χ1) is 11.5. The predicted molar refractivity (Wildman–Crippen MR) is 98.6 cm³/mol. The number of benzene rings is 1. The fourth-order valence-electron chi connectivity index (χ4n) is 3.28. The van der Waals surface area contributed by atoms with Crippen LogP contribution >= 0.6 is 0 Å². The number of unbranched alkanes of at least 4 members (excludes halogenated alkanes) is 1. The first kappa shape index (κ1) is 18.1. The number of carbonyl (C=O) groups is 1. The molecule has 0 bridgehead atoms. The Morgan fingerprint density at radius 1 is 1.17 bits per heavy atom. The summed E-state index contributed by atoms with van der Waals surface area (Å²) in [7, 11) is 1.65. The second kappa shape index (κ2) is 8.04. The van der Waals surface area contributed by atoms with Gasteiger partial charge in [-0.05, 0) is 37.5 Å². The third kappa shape index (κ3) is 3.48. The molecule has 0 spiro atoms. The number of nitrogens with zero attached hydrogens (tertiary/aromatic N) is 1. The monoisotopic (exact) mass is 328 g/mol. The van der Waals surface area contributed by atoms with Crippen molar-refractivity contribution < 1.29 is 9.53 Å². The quantitative estimate of drug-likeness (QED) is 0.784. The Labute approximate surface area is 144 Å². The largest absolute Gasteiger partial charge is 0.497 e. The molecule has 0 aliphatic carbocycles. The second-order valence-corrected chi connectivity index (χ2v) is 6.13. The zero-order chi connectivity index (χ0) is 17.7. The van der Waals surface area contributed by atoms with Gasteiger partial charge in [-0.25, -0.2) is 0 Å². The smallest absolute Gasteiger partial charge is 0.251 e. The van der Waals surface area contributed by atoms with Crippen LogP contribution in [0.25, 0.3) is 11.1 Å². The van der Waals surface area contributed by atoms with Gasteiger partial charge in [-0.1, -0.05) is 38.8 Å². The lowest BCUT2D eigenvalue weighted by atomic mass is 9.98. The molecule has 130 valence electrons. The Balaban J connectivity index is 2.67. The summed E-state index contributed by atoms with van der Waals surface area (Å²) in [6.45, 7) is 7.27. The van der Waals surface area contributed by atoms with Crippen molar-refractivity contribution in [3.8, 4) is 16.9 Å². The molecule has 0 aliphatic rings. The zero-order valence-electron chi connectivity index (χ0n) is 15.2. The van der Waals surface area contributed by atoms with E-state index in [-0.39, 0.29) is 5.91 Å². The zero-order valence-corrected chi connectivity index (χ0v) is 15.2. The fourth-order valence-corrected chi connectivity index (χ4v) is 3.28. The first-order valence-electron chi connectivity index (χ1n) is 8.71. The summed E-state index contributed by atoms with van der Waals surface area (Å²) in [6, 6.07) is 7.86. The topological polar surface area (TPSA) is 57.2 Å². The van der Waals surface area contributed by atoms with Crippen LogP contribution < -0.4 is 10.5 Å². The summed E-state index contributed by atoms with van der Waals surface area (Å²) in [5.41, 5.74) is 10.6. The third-order valence-corrected chi connectivity index (χ3v) is 4.48. The number of hydrogen-bond donors (Lipinski definition) is 1. The summed E-state index contributed by atoms with van der Waals surface area (Å²) in [5, 5.41) is 0. The average molecular weight is 328 g/mol. The van der Waals surface area contributed by atoms with Crippen LogP contribution in [0.15, 0.2) is 24.3 Å². The highest BCUT2D eigenvalue weighted by Gasteiger charge is 2.24. The molecule has 0 unspecified atom stereocenters. The number of nitrogens with two attached hydrogens (primary N) is 1. The molecule has 24 heavy (non-hydrogen) atoms. The van der Waals surface area contributed by atoms with Gasteiger partial charge >= 0.3 is 0 Å². The Hall–Kier alpha value is -2.23. The molecule has 4 heteroatoms. The lowest BCUT2D eigenvalue weighted by molar-refractivity contribution is 0.1000. The molecule has 0 fully saturated rings. The molecule has 2 aromatic rings. The van der Waals surface area contributed by atoms with Crippen molar-refractivity contribution >= 4 is 5.91 Å². The molecular weight excluding hydrogens is 300 g/mol. The molecule has 2 rings (SSSR count). The molecule has 0 radical (unpaired) electrons. The van der Waals surface area contributed by atoms with Gasteiger partial charge in [-0.2, -0.15) is 0 Å². The Kier molecular flexibility index (Phi) is 6.07. The van der Waals surface area contributed by atoms with E-state index in [4.69, 9.17) is 10.5 Å². The van der Waals surface area contributed by atoms with E-state index in [0.717, 1.165) is 54.8 Å². The Bertz CT molecular complexity index is 699. The fraction of sp³-hybridized carbons (Fsp3) is 0.450. The highest BCUT2D eigenvalue weighted by Crippen LogP contribution is 2.34. The number of aromatic nitrogens is 1. The van der Waals surface area contributed by atoms with E-state index in [1.54, 1.807) is 7.11 Å². The van der Waals surface area contributed by atoms with E-state index in [2.05, 4.69) is 18.4 Å². The van der Waals surface area contributed by atoms with Gasteiger partial charge in [0.05, 0.1) is 12.7 Å². The van der Waals surface area contributed by atoms with Crippen molar-refractivity contribution in [1.29, 1.82) is 0 Å². The third-order valence-electron chi connectivity index (χ3n) is 4.48. The van der Waals surface area contributed by atoms with Crippen molar-refractivity contribution in [3.63, 3.8) is 0 Å². The van der Waals surface area contributed by atoms with Crippen molar-refractivity contribution in [1.82, 2.24) is 4.57 Å². The van der Waals surface area contributed by atoms with Crippen molar-refractivity contribution in [2.75, 3.05) is 7.11 Å². The predicted octanol–water partition coefficient (Wildman–Crippen LogP) is 4.32. The molecule has 0 saturated carbocycles. The van der Waals surface area contributed by atoms with Crippen molar-refractivity contribution in [2.24, 2.45) is 5.73 Å². The van der Waals surface area contributed by atoms with Crippen LogP contribution in [0.2, 0.25) is 0 Å². The second-order valence-electron chi connectivity index (χ2n) is 6.13. The van der Waals surface area contributed by atoms with Gasteiger partial charge in [-0.15, -0.1) is 0 Å². The average Bonchev–Trinajstić information content (AvgIpc) is 2.85. The molecule has 1 aromatic heterocycles. The maximum Gasteiger partial charge on any atom is 0.251 e. The van der Waals surface area contributed by atoms with Gasteiger partial charge in [0.15, 0.2) is 0 Å². The van der Waals surface area contributed by atoms with E-state index in [1.807, 2.05) is 31.2 Å². The molecule has 0 atom stereocenters. The summed E-state index contributed by atoms with van der Waals surface area (Å²) in [4.78, 5) is 12.2. The highest BCUT2D eigenvalue weighted by atomic mass is 16.5. The summed E-state index contributed by atoms with van der Waals surface area (Å²) >= 11 is 0. The lowest BCUT2D eigenvalue weighted by Gasteiger charge is -2.12. The van der Waals surface area contributed by atoms with Gasteiger partial charge in [0, 0.05) is 23.5 Å². The van der Waals surface area contributed by atoms with Crippen LogP contribution in [0.5, 0.6) is 5.75 Å². The minimum atomic E-state index is -0.356. The number of rotatable bonds is 8. The van der Waals surface area contributed by atoms with Crippen molar-refractivity contribution in [3.05, 3.63) is 41.2 Å². The van der Waals surface area contributed by atoms with E-state index in [1.165, 1.54) is 5.69 Å². The normalized spacial score (nSPS) is 10.8. The Morgan fingerprint density at radius 2 is 1.83 bits per heavy atom. The summed E-state index contributed by atoms with van der Waals surface area (Å²) < 4.78 is 7.53. The molecule has 0 aliphatic heterocycles. The van der Waals surface area contributed by atoms with Gasteiger partial charge in [-0.3, -0.25) is 4.79 Å². The highest BCUT2D eigenvalue weighted by molar-refractivity contribution is 6.02. The molecule has 4 nitrogen and oxygen atoms in total. The molecular formula is C20H28N2O2.